The summed E-state index contributed by atoms with van der Waals surface area (Å²) in [6.45, 7) is 1.56. The lowest BCUT2D eigenvalue weighted by atomic mass is 10.0. The second kappa shape index (κ2) is 12.1. The first-order valence-electron chi connectivity index (χ1n) is 11.4. The Bertz CT molecular complexity index is 1320. The number of amides is 2. The number of benzene rings is 3. The molecule has 1 N–H and O–H groups in total. The lowest BCUT2D eigenvalue weighted by Crippen LogP contribution is -2.53. The summed E-state index contributed by atoms with van der Waals surface area (Å²) in [4.78, 5) is 28.4. The van der Waals surface area contributed by atoms with E-state index in [0.717, 1.165) is 27.3 Å². The normalized spacial score (nSPS) is 12.0. The zero-order chi connectivity index (χ0) is 26.3. The van der Waals surface area contributed by atoms with Gasteiger partial charge in [-0.2, -0.15) is 0 Å². The molecule has 0 heterocycles. The Labute approximate surface area is 217 Å². The van der Waals surface area contributed by atoms with Crippen LogP contribution in [0.2, 0.25) is 5.02 Å². The van der Waals surface area contributed by atoms with E-state index < -0.39 is 28.5 Å². The zero-order valence-corrected chi connectivity index (χ0v) is 22.1. The van der Waals surface area contributed by atoms with E-state index in [1.807, 2.05) is 61.5 Å². The van der Waals surface area contributed by atoms with E-state index in [4.69, 9.17) is 11.6 Å². The molecule has 0 aliphatic carbocycles. The van der Waals surface area contributed by atoms with Crippen LogP contribution in [0, 0.1) is 6.92 Å². The SMILES string of the molecule is CNC(=O)[C@H](Cc1ccccc1)N(Cc1ccccc1C)C(=O)CN(c1ccccc1Cl)S(C)(=O)=O. The lowest BCUT2D eigenvalue weighted by Gasteiger charge is -2.33. The molecule has 0 saturated carbocycles. The van der Waals surface area contributed by atoms with E-state index in [1.54, 1.807) is 24.3 Å². The van der Waals surface area contributed by atoms with E-state index in [2.05, 4.69) is 5.32 Å². The predicted molar refractivity (Wildman–Crippen MR) is 143 cm³/mol. The monoisotopic (exact) mass is 527 g/mol. The highest BCUT2D eigenvalue weighted by Crippen LogP contribution is 2.28. The molecule has 0 fully saturated rings. The van der Waals surface area contributed by atoms with Crippen LogP contribution in [0.3, 0.4) is 0 Å². The van der Waals surface area contributed by atoms with Gasteiger partial charge in [0.15, 0.2) is 0 Å². The van der Waals surface area contributed by atoms with E-state index in [-0.39, 0.29) is 29.6 Å². The number of anilines is 1. The number of likely N-dealkylation sites (N-methyl/N-ethyl adjacent to an activating group) is 1. The molecule has 0 radical (unpaired) electrons. The summed E-state index contributed by atoms with van der Waals surface area (Å²) in [6, 6.07) is 22.5. The van der Waals surface area contributed by atoms with Gasteiger partial charge in [-0.15, -0.1) is 0 Å². The third-order valence-electron chi connectivity index (χ3n) is 5.92. The van der Waals surface area contributed by atoms with Crippen LogP contribution in [0.5, 0.6) is 0 Å². The molecular formula is C27H30ClN3O4S. The molecule has 1 atom stereocenters. The molecule has 0 aromatic heterocycles. The number of halogens is 1. The van der Waals surface area contributed by atoms with E-state index in [1.165, 1.54) is 11.9 Å². The number of hydrogen-bond donors (Lipinski definition) is 1. The maximum absolute atomic E-state index is 13.8. The fraction of sp³-hybridized carbons (Fsp3) is 0.259. The number of nitrogens with zero attached hydrogens (tertiary/aromatic N) is 2. The van der Waals surface area contributed by atoms with Crippen molar-refractivity contribution in [2.24, 2.45) is 0 Å². The van der Waals surface area contributed by atoms with Crippen molar-refractivity contribution >= 4 is 39.1 Å². The van der Waals surface area contributed by atoms with Gasteiger partial charge in [0.05, 0.1) is 17.0 Å². The number of sulfonamides is 1. The highest BCUT2D eigenvalue weighted by molar-refractivity contribution is 7.92. The average molecular weight is 528 g/mol. The Morgan fingerprint density at radius 1 is 0.944 bits per heavy atom. The Morgan fingerprint density at radius 3 is 2.17 bits per heavy atom. The van der Waals surface area contributed by atoms with E-state index in [0.29, 0.717) is 0 Å². The van der Waals surface area contributed by atoms with Gasteiger partial charge in [0, 0.05) is 20.0 Å². The van der Waals surface area contributed by atoms with Crippen LogP contribution in [0.4, 0.5) is 5.69 Å². The van der Waals surface area contributed by atoms with Gasteiger partial charge in [0.2, 0.25) is 21.8 Å². The van der Waals surface area contributed by atoms with Crippen LogP contribution < -0.4 is 9.62 Å². The van der Waals surface area contributed by atoms with Gasteiger partial charge in [-0.25, -0.2) is 8.42 Å². The minimum Gasteiger partial charge on any atom is -0.357 e. The standard InChI is InChI=1S/C27H30ClN3O4S/c1-20-11-7-8-14-22(20)18-30(25(27(33)29-2)17-21-12-5-4-6-13-21)26(32)19-31(36(3,34)35)24-16-10-9-15-23(24)28/h4-16,25H,17-19H2,1-3H3,(H,29,33)/t25-/m0/s1. The van der Waals surface area contributed by atoms with Crippen molar-refractivity contribution in [1.29, 1.82) is 0 Å². The quantitative estimate of drug-likeness (QED) is 0.434. The molecule has 3 aromatic carbocycles. The summed E-state index contributed by atoms with van der Waals surface area (Å²) < 4.78 is 26.4. The summed E-state index contributed by atoms with van der Waals surface area (Å²) in [5.41, 5.74) is 2.89. The van der Waals surface area contributed by atoms with Gasteiger partial charge in [0.25, 0.3) is 0 Å². The lowest BCUT2D eigenvalue weighted by molar-refractivity contribution is -0.139. The number of hydrogen-bond acceptors (Lipinski definition) is 4. The third-order valence-corrected chi connectivity index (χ3v) is 7.37. The highest BCUT2D eigenvalue weighted by Gasteiger charge is 2.33. The van der Waals surface area contributed by atoms with Crippen LogP contribution in [0.25, 0.3) is 0 Å². The first-order valence-corrected chi connectivity index (χ1v) is 13.7. The van der Waals surface area contributed by atoms with Crippen LogP contribution in [0.1, 0.15) is 16.7 Å². The van der Waals surface area contributed by atoms with Crippen molar-refractivity contribution in [3.05, 3.63) is 101 Å². The fourth-order valence-electron chi connectivity index (χ4n) is 3.94. The van der Waals surface area contributed by atoms with Gasteiger partial charge < -0.3 is 10.2 Å². The minimum absolute atomic E-state index is 0.135. The van der Waals surface area contributed by atoms with E-state index >= 15 is 0 Å². The summed E-state index contributed by atoms with van der Waals surface area (Å²) in [6.07, 6.45) is 1.29. The van der Waals surface area contributed by atoms with Crippen molar-refractivity contribution in [3.8, 4) is 0 Å². The van der Waals surface area contributed by atoms with Crippen molar-refractivity contribution in [2.75, 3.05) is 24.2 Å². The number of carbonyl (C=O) groups excluding carboxylic acids is 2. The molecule has 0 saturated heterocycles. The van der Waals surface area contributed by atoms with Gasteiger partial charge >= 0.3 is 0 Å². The second-order valence-corrected chi connectivity index (χ2v) is 10.8. The number of para-hydroxylation sites is 1. The molecular weight excluding hydrogens is 498 g/mol. The zero-order valence-electron chi connectivity index (χ0n) is 20.5. The smallest absolute Gasteiger partial charge is 0.244 e. The number of nitrogens with one attached hydrogen (secondary N) is 1. The average Bonchev–Trinajstić information content (AvgIpc) is 2.85. The van der Waals surface area contributed by atoms with Crippen LogP contribution in [0.15, 0.2) is 78.9 Å². The van der Waals surface area contributed by atoms with Crippen molar-refractivity contribution < 1.29 is 18.0 Å². The predicted octanol–water partition coefficient (Wildman–Crippen LogP) is 3.80. The molecule has 3 rings (SSSR count). The molecule has 0 aliphatic heterocycles. The molecule has 9 heteroatoms. The molecule has 0 aliphatic rings. The number of rotatable bonds is 10. The molecule has 7 nitrogen and oxygen atoms in total. The van der Waals surface area contributed by atoms with Crippen LogP contribution >= 0.6 is 11.6 Å². The minimum atomic E-state index is -3.86. The van der Waals surface area contributed by atoms with E-state index in [9.17, 15) is 18.0 Å². The van der Waals surface area contributed by atoms with Gasteiger partial charge in [-0.1, -0.05) is 78.3 Å². The summed E-state index contributed by atoms with van der Waals surface area (Å²) >= 11 is 6.29. The number of carbonyl (C=O) groups is 2. The summed E-state index contributed by atoms with van der Waals surface area (Å²) in [5, 5.41) is 2.86. The Morgan fingerprint density at radius 2 is 1.56 bits per heavy atom. The van der Waals surface area contributed by atoms with Crippen molar-refractivity contribution in [2.45, 2.75) is 25.9 Å². The second-order valence-electron chi connectivity index (χ2n) is 8.49. The molecule has 190 valence electrons. The molecule has 3 aromatic rings. The Kier molecular flexibility index (Phi) is 9.12. The summed E-state index contributed by atoms with van der Waals surface area (Å²) in [7, 11) is -2.34. The molecule has 36 heavy (non-hydrogen) atoms. The molecule has 2 amide bonds. The maximum Gasteiger partial charge on any atom is 0.244 e. The first-order chi connectivity index (χ1) is 17.1. The maximum atomic E-state index is 13.8. The number of aryl methyl sites for hydroxylation is 1. The van der Waals surface area contributed by atoms with Crippen LogP contribution in [-0.2, 0) is 32.6 Å². The van der Waals surface area contributed by atoms with Gasteiger partial charge in [0.1, 0.15) is 12.6 Å². The molecule has 0 bridgehead atoms. The van der Waals surface area contributed by atoms with Crippen molar-refractivity contribution in [3.63, 3.8) is 0 Å². The largest absolute Gasteiger partial charge is 0.357 e. The Balaban J connectivity index is 2.05. The fourth-order valence-corrected chi connectivity index (χ4v) is 5.09. The molecule has 0 spiro atoms. The first kappa shape index (κ1) is 27.2. The van der Waals surface area contributed by atoms with Crippen LogP contribution in [-0.4, -0.2) is 51.0 Å². The van der Waals surface area contributed by atoms with Gasteiger partial charge in [-0.05, 0) is 35.7 Å². The summed E-state index contributed by atoms with van der Waals surface area (Å²) in [5.74, 6) is -0.863. The molecule has 0 unspecified atom stereocenters. The van der Waals surface area contributed by atoms with Gasteiger partial charge in [-0.3, -0.25) is 13.9 Å². The van der Waals surface area contributed by atoms with Crippen molar-refractivity contribution in [1.82, 2.24) is 10.2 Å². The highest BCUT2D eigenvalue weighted by atomic mass is 35.5. The topological polar surface area (TPSA) is 86.8 Å². The Hall–Kier alpha value is -3.36. The third kappa shape index (κ3) is 6.86.